The van der Waals surface area contributed by atoms with E-state index >= 15 is 0 Å². The van der Waals surface area contributed by atoms with Crippen LogP contribution in [-0.4, -0.2) is 57.5 Å². The van der Waals surface area contributed by atoms with Crippen molar-refractivity contribution in [1.29, 1.82) is 0 Å². The maximum atomic E-state index is 12.4. The minimum Gasteiger partial charge on any atom is -0.444 e. The van der Waals surface area contributed by atoms with Gasteiger partial charge in [-0.3, -0.25) is 9.58 Å². The lowest BCUT2D eigenvalue weighted by Crippen LogP contribution is -2.37. The number of halogens is 1. The molecule has 162 valence electrons. The molecular weight excluding hydrogens is 444 g/mol. The summed E-state index contributed by atoms with van der Waals surface area (Å²) in [5.74, 6) is 1.04. The van der Waals surface area contributed by atoms with Gasteiger partial charge in [0, 0.05) is 61.1 Å². The molecule has 0 spiro atoms. The Morgan fingerprint density at radius 3 is 2.50 bits per heavy atom. The van der Waals surface area contributed by atoms with Gasteiger partial charge >= 0.3 is 6.09 Å². The SMILES string of the molecule is CCn1cc(CN2CC3CN(C(=O)OC(C)(C)C)CC3C2)c(-c2cccc(Br)c2)n1. The Balaban J connectivity index is 1.42. The van der Waals surface area contributed by atoms with Crippen LogP contribution in [0.3, 0.4) is 0 Å². The zero-order valence-electron chi connectivity index (χ0n) is 18.3. The molecule has 2 unspecified atom stereocenters. The summed E-state index contributed by atoms with van der Waals surface area (Å²) in [6, 6.07) is 8.34. The van der Waals surface area contributed by atoms with Crippen LogP contribution in [0.15, 0.2) is 34.9 Å². The maximum Gasteiger partial charge on any atom is 0.410 e. The molecule has 0 aliphatic carbocycles. The number of hydrogen-bond acceptors (Lipinski definition) is 4. The molecule has 2 atom stereocenters. The summed E-state index contributed by atoms with van der Waals surface area (Å²) in [5.41, 5.74) is 3.02. The van der Waals surface area contributed by atoms with Crippen molar-refractivity contribution in [3.05, 3.63) is 40.5 Å². The highest BCUT2D eigenvalue weighted by Gasteiger charge is 2.42. The molecule has 7 heteroatoms. The summed E-state index contributed by atoms with van der Waals surface area (Å²) in [6.45, 7) is 13.2. The number of likely N-dealkylation sites (tertiary alicyclic amines) is 2. The predicted molar refractivity (Wildman–Crippen MR) is 121 cm³/mol. The van der Waals surface area contributed by atoms with Crippen LogP contribution in [0, 0.1) is 11.8 Å². The van der Waals surface area contributed by atoms with Crippen molar-refractivity contribution in [2.24, 2.45) is 11.8 Å². The highest BCUT2D eigenvalue weighted by Crippen LogP contribution is 2.34. The zero-order valence-corrected chi connectivity index (χ0v) is 19.9. The van der Waals surface area contributed by atoms with Gasteiger partial charge in [0.1, 0.15) is 5.60 Å². The molecule has 1 aromatic carbocycles. The normalized spacial score (nSPS) is 21.8. The minimum absolute atomic E-state index is 0.176. The molecule has 2 fully saturated rings. The quantitative estimate of drug-likeness (QED) is 0.647. The van der Waals surface area contributed by atoms with E-state index in [9.17, 15) is 4.79 Å². The summed E-state index contributed by atoms with van der Waals surface area (Å²) in [7, 11) is 0. The third-order valence-corrected chi connectivity index (χ3v) is 6.36. The lowest BCUT2D eigenvalue weighted by atomic mass is 10.0. The van der Waals surface area contributed by atoms with Gasteiger partial charge in [-0.25, -0.2) is 4.79 Å². The lowest BCUT2D eigenvalue weighted by molar-refractivity contribution is 0.0274. The molecule has 2 aliphatic rings. The van der Waals surface area contributed by atoms with E-state index in [1.807, 2.05) is 36.4 Å². The second kappa shape index (κ2) is 8.35. The minimum atomic E-state index is -0.441. The smallest absolute Gasteiger partial charge is 0.410 e. The fraction of sp³-hybridized carbons (Fsp3) is 0.565. The molecule has 0 bridgehead atoms. The van der Waals surface area contributed by atoms with E-state index in [-0.39, 0.29) is 6.09 Å². The maximum absolute atomic E-state index is 12.4. The average molecular weight is 475 g/mol. The number of hydrogen-bond donors (Lipinski definition) is 0. The summed E-state index contributed by atoms with van der Waals surface area (Å²) >= 11 is 3.58. The summed E-state index contributed by atoms with van der Waals surface area (Å²) in [4.78, 5) is 16.8. The number of amides is 1. The number of fused-ring (bicyclic) bond motifs is 1. The Bertz CT molecular complexity index is 906. The van der Waals surface area contributed by atoms with Crippen molar-refractivity contribution in [2.45, 2.75) is 46.4 Å². The summed E-state index contributed by atoms with van der Waals surface area (Å²) < 4.78 is 8.64. The highest BCUT2D eigenvalue weighted by molar-refractivity contribution is 9.10. The second-order valence-corrected chi connectivity index (χ2v) is 10.4. The van der Waals surface area contributed by atoms with Crippen molar-refractivity contribution < 1.29 is 9.53 Å². The Morgan fingerprint density at radius 2 is 1.90 bits per heavy atom. The van der Waals surface area contributed by atoms with E-state index in [4.69, 9.17) is 9.84 Å². The van der Waals surface area contributed by atoms with Crippen LogP contribution in [-0.2, 0) is 17.8 Å². The first-order valence-electron chi connectivity index (χ1n) is 10.7. The average Bonchev–Trinajstić information content (AvgIpc) is 3.33. The molecule has 0 N–H and O–H groups in total. The molecule has 2 saturated heterocycles. The van der Waals surface area contributed by atoms with Crippen LogP contribution in [0.25, 0.3) is 11.3 Å². The predicted octanol–water partition coefficient (Wildman–Crippen LogP) is 4.63. The number of nitrogens with zero attached hydrogens (tertiary/aromatic N) is 4. The first-order chi connectivity index (χ1) is 14.2. The molecule has 30 heavy (non-hydrogen) atoms. The van der Waals surface area contributed by atoms with Crippen LogP contribution in [0.2, 0.25) is 0 Å². The van der Waals surface area contributed by atoms with E-state index in [0.29, 0.717) is 11.8 Å². The molecule has 2 aliphatic heterocycles. The molecule has 0 radical (unpaired) electrons. The van der Waals surface area contributed by atoms with Gasteiger partial charge in [0.05, 0.1) is 5.69 Å². The molecule has 1 amide bonds. The molecule has 1 aromatic heterocycles. The molecular formula is C23H31BrN4O2. The van der Waals surface area contributed by atoms with Gasteiger partial charge in [-0.1, -0.05) is 28.1 Å². The van der Waals surface area contributed by atoms with Crippen molar-refractivity contribution in [2.75, 3.05) is 26.2 Å². The Labute approximate surface area is 187 Å². The highest BCUT2D eigenvalue weighted by atomic mass is 79.9. The molecule has 4 rings (SSSR count). The number of benzene rings is 1. The Hall–Kier alpha value is -1.86. The van der Waals surface area contributed by atoms with Crippen molar-refractivity contribution in [1.82, 2.24) is 19.6 Å². The van der Waals surface area contributed by atoms with Gasteiger partial charge in [0.2, 0.25) is 0 Å². The zero-order chi connectivity index (χ0) is 21.5. The largest absolute Gasteiger partial charge is 0.444 e. The topological polar surface area (TPSA) is 50.6 Å². The van der Waals surface area contributed by atoms with Crippen LogP contribution < -0.4 is 0 Å². The number of carbonyl (C=O) groups excluding carboxylic acids is 1. The fourth-order valence-corrected chi connectivity index (χ4v) is 4.95. The van der Waals surface area contributed by atoms with Gasteiger partial charge in [0.25, 0.3) is 0 Å². The number of rotatable bonds is 4. The van der Waals surface area contributed by atoms with E-state index in [0.717, 1.165) is 55.0 Å². The second-order valence-electron chi connectivity index (χ2n) is 9.47. The van der Waals surface area contributed by atoms with Crippen LogP contribution in [0.4, 0.5) is 4.79 Å². The van der Waals surface area contributed by atoms with E-state index in [1.54, 1.807) is 0 Å². The first kappa shape index (κ1) is 21.4. The monoisotopic (exact) mass is 474 g/mol. The number of ether oxygens (including phenoxy) is 1. The van der Waals surface area contributed by atoms with Crippen LogP contribution >= 0.6 is 15.9 Å². The van der Waals surface area contributed by atoms with Gasteiger partial charge in [-0.15, -0.1) is 0 Å². The van der Waals surface area contributed by atoms with E-state index in [2.05, 4.69) is 52.1 Å². The van der Waals surface area contributed by atoms with Gasteiger partial charge in [0.15, 0.2) is 0 Å². The number of aromatic nitrogens is 2. The van der Waals surface area contributed by atoms with Gasteiger partial charge < -0.3 is 9.64 Å². The molecule has 2 aromatic rings. The third-order valence-electron chi connectivity index (χ3n) is 5.87. The number of carbonyl (C=O) groups is 1. The van der Waals surface area contributed by atoms with Gasteiger partial charge in [-0.2, -0.15) is 5.10 Å². The van der Waals surface area contributed by atoms with Gasteiger partial charge in [-0.05, 0) is 51.7 Å². The van der Waals surface area contributed by atoms with E-state index in [1.165, 1.54) is 5.56 Å². The summed E-state index contributed by atoms with van der Waals surface area (Å²) in [5, 5.41) is 4.82. The lowest BCUT2D eigenvalue weighted by Gasteiger charge is -2.26. The Kier molecular flexibility index (Phi) is 5.95. The van der Waals surface area contributed by atoms with Crippen molar-refractivity contribution in [3.8, 4) is 11.3 Å². The first-order valence-corrected chi connectivity index (χ1v) is 11.5. The van der Waals surface area contributed by atoms with Crippen LogP contribution in [0.5, 0.6) is 0 Å². The Morgan fingerprint density at radius 1 is 1.20 bits per heavy atom. The van der Waals surface area contributed by atoms with E-state index < -0.39 is 5.60 Å². The third kappa shape index (κ3) is 4.72. The number of aryl methyl sites for hydroxylation is 1. The fourth-order valence-electron chi connectivity index (χ4n) is 4.56. The molecule has 6 nitrogen and oxygen atoms in total. The van der Waals surface area contributed by atoms with Crippen molar-refractivity contribution >= 4 is 22.0 Å². The van der Waals surface area contributed by atoms with Crippen LogP contribution in [0.1, 0.15) is 33.3 Å². The molecule has 3 heterocycles. The van der Waals surface area contributed by atoms with Crippen molar-refractivity contribution in [3.63, 3.8) is 0 Å². The molecule has 0 saturated carbocycles. The summed E-state index contributed by atoms with van der Waals surface area (Å²) in [6.07, 6.45) is 2.00. The standard InChI is InChI=1S/C23H31BrN4O2/c1-5-28-15-19(21(25-28)16-7-6-8-20(24)9-16)12-26-10-17-13-27(14-18(17)11-26)22(29)30-23(2,3)4/h6-9,15,17-18H,5,10-14H2,1-4H3.